The van der Waals surface area contributed by atoms with Gasteiger partial charge in [0.2, 0.25) is 0 Å². The zero-order valence-electron chi connectivity index (χ0n) is 7.71. The Bertz CT molecular complexity index is 446. The van der Waals surface area contributed by atoms with Crippen molar-refractivity contribution < 1.29 is 19.6 Å². The van der Waals surface area contributed by atoms with E-state index in [1.54, 1.807) is 5.43 Å². The van der Waals surface area contributed by atoms with Gasteiger partial charge in [0.1, 0.15) is 6.20 Å². The third-order valence-corrected chi connectivity index (χ3v) is 1.48. The van der Waals surface area contributed by atoms with Crippen LogP contribution in [0.1, 0.15) is 10.4 Å². The Labute approximate surface area is 88.2 Å². The number of hydrogen-bond acceptors (Lipinski definition) is 5. The number of nitro groups is 1. The van der Waals surface area contributed by atoms with Crippen LogP contribution in [0.5, 0.6) is 0 Å². The molecule has 0 aliphatic rings. The molecule has 9 heteroatoms. The number of rotatable bonds is 2. The van der Waals surface area contributed by atoms with Crippen LogP contribution in [0.25, 0.3) is 0 Å². The van der Waals surface area contributed by atoms with Crippen LogP contribution in [0.15, 0.2) is 18.3 Å². The van der Waals surface area contributed by atoms with Gasteiger partial charge in [-0.3, -0.25) is 10.2 Å². The second kappa shape index (κ2) is 4.68. The van der Waals surface area contributed by atoms with Gasteiger partial charge >= 0.3 is 11.9 Å². The number of hydrogen-bond donors (Lipinski definition) is 3. The van der Waals surface area contributed by atoms with Crippen LogP contribution >= 0.6 is 0 Å². The minimum atomic E-state index is -1.45. The summed E-state index contributed by atoms with van der Waals surface area (Å²) in [6.45, 7) is 0. The summed E-state index contributed by atoms with van der Waals surface area (Å²) in [6.07, 6.45) is -0.370. The highest BCUT2D eigenvalue weighted by Gasteiger charge is 2.12. The first kappa shape index (κ1) is 11.4. The van der Waals surface area contributed by atoms with Crippen LogP contribution < -0.4 is 10.9 Å². The van der Waals surface area contributed by atoms with Gasteiger partial charge in [-0.15, -0.1) is 0 Å². The first-order valence-electron chi connectivity index (χ1n) is 3.90. The molecular weight excluding hydrogens is 220 g/mol. The summed E-state index contributed by atoms with van der Waals surface area (Å²) in [7, 11) is 0. The van der Waals surface area contributed by atoms with Crippen molar-refractivity contribution in [3.63, 3.8) is 0 Å². The maximum Gasteiger partial charge on any atom is 0.423 e. The molecule has 0 radical (unpaired) electrons. The monoisotopic (exact) mass is 226 g/mol. The normalized spacial score (nSPS) is 9.25. The van der Waals surface area contributed by atoms with Crippen molar-refractivity contribution in [2.75, 3.05) is 0 Å². The van der Waals surface area contributed by atoms with Crippen LogP contribution in [0.3, 0.4) is 0 Å². The van der Waals surface area contributed by atoms with E-state index in [4.69, 9.17) is 5.11 Å². The number of carbonyl (C=O) groups is 2. The first-order chi connectivity index (χ1) is 7.50. The van der Waals surface area contributed by atoms with Crippen LogP contribution in [0, 0.1) is 10.1 Å². The highest BCUT2D eigenvalue weighted by molar-refractivity contribution is 5.95. The Balaban J connectivity index is 2.79. The average molecular weight is 226 g/mol. The summed E-state index contributed by atoms with van der Waals surface area (Å²) >= 11 is 0. The Morgan fingerprint density at radius 1 is 1.44 bits per heavy atom. The van der Waals surface area contributed by atoms with Crippen molar-refractivity contribution in [1.82, 2.24) is 15.8 Å². The lowest BCUT2D eigenvalue weighted by Crippen LogP contribution is -2.40. The second-order valence-electron chi connectivity index (χ2n) is 2.54. The van der Waals surface area contributed by atoms with Gasteiger partial charge in [0.25, 0.3) is 5.91 Å². The largest absolute Gasteiger partial charge is 0.464 e. The van der Waals surface area contributed by atoms with Crippen LogP contribution in [-0.4, -0.2) is 27.0 Å². The predicted molar refractivity (Wildman–Crippen MR) is 49.5 cm³/mol. The number of pyridine rings is 1. The fourth-order valence-electron chi connectivity index (χ4n) is 0.842. The van der Waals surface area contributed by atoms with E-state index in [0.717, 1.165) is 12.3 Å². The third-order valence-electron chi connectivity index (χ3n) is 1.48. The summed E-state index contributed by atoms with van der Waals surface area (Å²) in [5, 5.41) is 18.5. The highest BCUT2D eigenvalue weighted by Crippen LogP contribution is 2.08. The molecule has 1 aromatic heterocycles. The lowest BCUT2D eigenvalue weighted by atomic mass is 10.2. The molecule has 2 amide bonds. The van der Waals surface area contributed by atoms with Gasteiger partial charge in [0.15, 0.2) is 0 Å². The van der Waals surface area contributed by atoms with Gasteiger partial charge in [0, 0.05) is 6.07 Å². The van der Waals surface area contributed by atoms with E-state index in [-0.39, 0.29) is 5.56 Å². The second-order valence-corrected chi connectivity index (χ2v) is 2.54. The smallest absolute Gasteiger partial charge is 0.423 e. The molecule has 0 aliphatic carbocycles. The Morgan fingerprint density at radius 3 is 2.69 bits per heavy atom. The number of nitrogens with one attached hydrogen (secondary N) is 2. The van der Waals surface area contributed by atoms with Crippen molar-refractivity contribution in [2.45, 2.75) is 0 Å². The summed E-state index contributed by atoms with van der Waals surface area (Å²) < 4.78 is 0. The molecule has 0 aliphatic heterocycles. The first-order valence-corrected chi connectivity index (χ1v) is 3.90. The van der Waals surface area contributed by atoms with E-state index < -0.39 is 22.7 Å². The van der Waals surface area contributed by atoms with Crippen molar-refractivity contribution >= 4 is 17.8 Å². The molecule has 0 atom stereocenters. The summed E-state index contributed by atoms with van der Waals surface area (Å²) in [4.78, 5) is 34.3. The van der Waals surface area contributed by atoms with Crippen molar-refractivity contribution in [3.05, 3.63) is 34.0 Å². The Morgan fingerprint density at radius 2 is 2.12 bits per heavy atom. The fraction of sp³-hybridized carbons (Fsp3) is 0. The number of carbonyl (C=O) groups excluding carboxylic acids is 1. The number of carboxylic acid groups (broad SMARTS) is 1. The van der Waals surface area contributed by atoms with E-state index >= 15 is 0 Å². The quantitative estimate of drug-likeness (QED) is 0.476. The average Bonchev–Trinajstić information content (AvgIpc) is 2.26. The topological polar surface area (TPSA) is 134 Å². The van der Waals surface area contributed by atoms with Gasteiger partial charge in [-0.25, -0.2) is 10.2 Å². The van der Waals surface area contributed by atoms with Crippen LogP contribution in [0.2, 0.25) is 0 Å². The van der Waals surface area contributed by atoms with Gasteiger partial charge < -0.3 is 15.2 Å². The van der Waals surface area contributed by atoms with Gasteiger partial charge in [0.05, 0.1) is 5.56 Å². The third kappa shape index (κ3) is 2.90. The van der Waals surface area contributed by atoms with Gasteiger partial charge in [-0.2, -0.15) is 0 Å². The molecule has 9 nitrogen and oxygen atoms in total. The highest BCUT2D eigenvalue weighted by atomic mass is 16.6. The molecule has 0 fully saturated rings. The Kier molecular flexibility index (Phi) is 3.33. The maximum absolute atomic E-state index is 11.2. The zero-order chi connectivity index (χ0) is 12.1. The molecule has 0 spiro atoms. The van der Waals surface area contributed by atoms with E-state index in [0.29, 0.717) is 0 Å². The molecule has 3 N–H and O–H groups in total. The van der Waals surface area contributed by atoms with E-state index in [1.807, 2.05) is 5.43 Å². The standard InChI is InChI=1S/C7H6N4O5/c12-6(9-10-7(13)14)4-1-2-8-5(3-4)11(15)16/h1-3,10H,(H,9,12)(H,13,14). The predicted octanol–water partition coefficient (Wildman–Crippen LogP) is -0.0978. The lowest BCUT2D eigenvalue weighted by Gasteiger charge is -2.02. The molecule has 16 heavy (non-hydrogen) atoms. The van der Waals surface area contributed by atoms with Gasteiger partial charge in [-0.05, 0) is 16.0 Å². The molecule has 0 saturated heterocycles. The fourth-order valence-corrected chi connectivity index (χ4v) is 0.842. The molecule has 0 saturated carbocycles. The van der Waals surface area contributed by atoms with Crippen molar-refractivity contribution in [3.8, 4) is 0 Å². The van der Waals surface area contributed by atoms with Crippen molar-refractivity contribution in [1.29, 1.82) is 0 Å². The minimum Gasteiger partial charge on any atom is -0.464 e. The van der Waals surface area contributed by atoms with Gasteiger partial charge in [-0.1, -0.05) is 0 Å². The molecule has 1 heterocycles. The maximum atomic E-state index is 11.2. The molecule has 1 rings (SSSR count). The summed E-state index contributed by atoms with van der Waals surface area (Å²) in [5.41, 5.74) is 3.37. The summed E-state index contributed by atoms with van der Waals surface area (Å²) in [6, 6.07) is 2.14. The van der Waals surface area contributed by atoms with E-state index in [1.165, 1.54) is 6.07 Å². The van der Waals surface area contributed by atoms with Crippen LogP contribution in [0.4, 0.5) is 10.6 Å². The Hall–Kier alpha value is -2.71. The number of aromatic nitrogens is 1. The number of nitrogens with zero attached hydrogens (tertiary/aromatic N) is 2. The van der Waals surface area contributed by atoms with E-state index in [9.17, 15) is 19.7 Å². The van der Waals surface area contributed by atoms with Crippen LogP contribution in [-0.2, 0) is 0 Å². The molecule has 0 unspecified atom stereocenters. The lowest BCUT2D eigenvalue weighted by molar-refractivity contribution is -0.389. The zero-order valence-corrected chi connectivity index (χ0v) is 7.71. The van der Waals surface area contributed by atoms with Crippen molar-refractivity contribution in [2.24, 2.45) is 0 Å². The minimum absolute atomic E-state index is 0.0737. The molecule has 84 valence electrons. The number of hydrazine groups is 1. The summed E-state index contributed by atoms with van der Waals surface area (Å²) in [5.74, 6) is -1.31. The SMILES string of the molecule is O=C(O)NNC(=O)c1ccnc([N+](=O)[O-])c1. The molecule has 0 bridgehead atoms. The van der Waals surface area contributed by atoms with E-state index in [2.05, 4.69) is 4.98 Å². The molecule has 1 aromatic rings. The number of amides is 2. The molecule has 0 aromatic carbocycles. The molecular formula is C7H6N4O5.